The maximum atomic E-state index is 11.3. The summed E-state index contributed by atoms with van der Waals surface area (Å²) in [6.45, 7) is 0.489. The predicted molar refractivity (Wildman–Crippen MR) is 66.6 cm³/mol. The van der Waals surface area contributed by atoms with E-state index in [1.54, 1.807) is 0 Å². The van der Waals surface area contributed by atoms with Crippen LogP contribution in [0.1, 0.15) is 6.42 Å². The van der Waals surface area contributed by atoms with Gasteiger partial charge in [0.25, 0.3) is 0 Å². The van der Waals surface area contributed by atoms with Gasteiger partial charge in [-0.1, -0.05) is 0 Å². The monoisotopic (exact) mass is 292 g/mol. The van der Waals surface area contributed by atoms with Crippen LogP contribution in [0.3, 0.4) is 0 Å². The molecule has 1 aromatic rings. The Balaban J connectivity index is 1.96. The standard InChI is InChI=1S/C9H13ClN4O3S/c1-17-9-13-7(10)12-8(14-9)11-4-6-2-3-18(15,16)5-6/h6H,2-5H2,1H3,(H,11,12,13,14). The second-order valence-electron chi connectivity index (χ2n) is 4.06. The fraction of sp³-hybridized carbons (Fsp3) is 0.667. The van der Waals surface area contributed by atoms with Crippen LogP contribution in [-0.2, 0) is 9.84 Å². The number of hydrogen-bond acceptors (Lipinski definition) is 7. The lowest BCUT2D eigenvalue weighted by Gasteiger charge is -2.09. The molecular formula is C9H13ClN4O3S. The van der Waals surface area contributed by atoms with E-state index in [1.807, 2.05) is 0 Å². The minimum Gasteiger partial charge on any atom is -0.467 e. The number of nitrogens with zero attached hydrogens (tertiary/aromatic N) is 3. The normalized spacial score (nSPS) is 21.8. The first kappa shape index (κ1) is 13.3. The minimum atomic E-state index is -2.86. The highest BCUT2D eigenvalue weighted by atomic mass is 35.5. The molecule has 0 spiro atoms. The van der Waals surface area contributed by atoms with Crippen molar-refractivity contribution in [3.63, 3.8) is 0 Å². The van der Waals surface area contributed by atoms with Crippen molar-refractivity contribution in [2.75, 3.05) is 30.5 Å². The van der Waals surface area contributed by atoms with Crippen LogP contribution < -0.4 is 10.1 Å². The van der Waals surface area contributed by atoms with Gasteiger partial charge in [-0.3, -0.25) is 0 Å². The van der Waals surface area contributed by atoms with Crippen molar-refractivity contribution >= 4 is 27.4 Å². The van der Waals surface area contributed by atoms with E-state index in [9.17, 15) is 8.42 Å². The van der Waals surface area contributed by atoms with Crippen molar-refractivity contribution in [1.82, 2.24) is 15.0 Å². The highest BCUT2D eigenvalue weighted by Crippen LogP contribution is 2.19. The Labute approximate surface area is 110 Å². The largest absolute Gasteiger partial charge is 0.467 e. The van der Waals surface area contributed by atoms with Crippen LogP contribution in [0.5, 0.6) is 6.01 Å². The van der Waals surface area contributed by atoms with Gasteiger partial charge in [0.1, 0.15) is 0 Å². The smallest absolute Gasteiger partial charge is 0.322 e. The third kappa shape index (κ3) is 3.42. The van der Waals surface area contributed by atoms with Crippen molar-refractivity contribution in [3.05, 3.63) is 5.28 Å². The molecule has 1 saturated heterocycles. The molecule has 1 aliphatic rings. The van der Waals surface area contributed by atoms with E-state index in [1.165, 1.54) is 7.11 Å². The van der Waals surface area contributed by atoms with Crippen LogP contribution in [0.25, 0.3) is 0 Å². The third-order valence-corrected chi connectivity index (χ3v) is 4.65. The van der Waals surface area contributed by atoms with E-state index >= 15 is 0 Å². The molecule has 2 heterocycles. The Morgan fingerprint density at radius 1 is 1.44 bits per heavy atom. The molecule has 1 atom stereocenters. The lowest BCUT2D eigenvalue weighted by molar-refractivity contribution is 0.378. The summed E-state index contributed by atoms with van der Waals surface area (Å²) in [6.07, 6.45) is 0.658. The summed E-state index contributed by atoms with van der Waals surface area (Å²) in [7, 11) is -1.44. The number of methoxy groups -OCH3 is 1. The van der Waals surface area contributed by atoms with Crippen LogP contribution in [0, 0.1) is 5.92 Å². The number of aromatic nitrogens is 3. The Morgan fingerprint density at radius 2 is 2.22 bits per heavy atom. The molecule has 0 bridgehead atoms. The number of nitrogens with one attached hydrogen (secondary N) is 1. The lowest BCUT2D eigenvalue weighted by Crippen LogP contribution is -2.17. The highest BCUT2D eigenvalue weighted by Gasteiger charge is 2.27. The summed E-state index contributed by atoms with van der Waals surface area (Å²) in [5, 5.41) is 2.98. The molecule has 2 rings (SSSR count). The summed E-state index contributed by atoms with van der Waals surface area (Å²) < 4.78 is 27.5. The summed E-state index contributed by atoms with van der Waals surface area (Å²) in [5.74, 6) is 0.823. The first-order chi connectivity index (χ1) is 8.48. The van der Waals surface area contributed by atoms with Crippen LogP contribution in [-0.4, -0.2) is 48.5 Å². The number of rotatable bonds is 4. The van der Waals surface area contributed by atoms with Crippen LogP contribution in [0.4, 0.5) is 5.95 Å². The highest BCUT2D eigenvalue weighted by molar-refractivity contribution is 7.91. The van der Waals surface area contributed by atoms with Gasteiger partial charge in [0.2, 0.25) is 11.2 Å². The second kappa shape index (κ2) is 5.23. The quantitative estimate of drug-likeness (QED) is 0.857. The maximum Gasteiger partial charge on any atom is 0.322 e. The van der Waals surface area contributed by atoms with Gasteiger partial charge < -0.3 is 10.1 Å². The first-order valence-electron chi connectivity index (χ1n) is 5.38. The molecule has 0 amide bonds. The Bertz CT molecular complexity index is 537. The average molecular weight is 293 g/mol. The zero-order valence-corrected chi connectivity index (χ0v) is 11.3. The predicted octanol–water partition coefficient (Wildman–Crippen LogP) is 0.380. The minimum absolute atomic E-state index is 0.0309. The molecule has 1 unspecified atom stereocenters. The van der Waals surface area contributed by atoms with Gasteiger partial charge in [0.15, 0.2) is 9.84 Å². The van der Waals surface area contributed by atoms with E-state index in [0.29, 0.717) is 13.0 Å². The molecule has 0 radical (unpaired) electrons. The van der Waals surface area contributed by atoms with Gasteiger partial charge in [-0.05, 0) is 23.9 Å². The lowest BCUT2D eigenvalue weighted by atomic mass is 10.1. The molecule has 1 aliphatic heterocycles. The molecule has 0 aliphatic carbocycles. The average Bonchev–Trinajstić information content (AvgIpc) is 2.65. The fourth-order valence-corrected chi connectivity index (χ4v) is 3.79. The number of anilines is 1. The molecule has 100 valence electrons. The van der Waals surface area contributed by atoms with Crippen molar-refractivity contribution in [3.8, 4) is 6.01 Å². The molecule has 1 aromatic heterocycles. The van der Waals surface area contributed by atoms with E-state index < -0.39 is 9.84 Å². The maximum absolute atomic E-state index is 11.3. The van der Waals surface area contributed by atoms with E-state index in [2.05, 4.69) is 20.3 Å². The SMILES string of the molecule is COc1nc(Cl)nc(NCC2CCS(=O)(=O)C2)n1. The number of halogens is 1. The van der Waals surface area contributed by atoms with Crippen molar-refractivity contribution in [2.24, 2.45) is 5.92 Å². The van der Waals surface area contributed by atoms with Gasteiger partial charge in [-0.15, -0.1) is 0 Å². The zero-order valence-electron chi connectivity index (χ0n) is 9.76. The Hall–Kier alpha value is -1.15. The molecular weight excluding hydrogens is 280 g/mol. The molecule has 9 heteroatoms. The topological polar surface area (TPSA) is 94.1 Å². The molecule has 0 aromatic carbocycles. The van der Waals surface area contributed by atoms with Crippen molar-refractivity contribution < 1.29 is 13.2 Å². The third-order valence-electron chi connectivity index (χ3n) is 2.65. The van der Waals surface area contributed by atoms with Gasteiger partial charge in [-0.25, -0.2) is 8.42 Å². The van der Waals surface area contributed by atoms with Crippen molar-refractivity contribution in [2.45, 2.75) is 6.42 Å². The van der Waals surface area contributed by atoms with Crippen LogP contribution >= 0.6 is 11.6 Å². The fourth-order valence-electron chi connectivity index (χ4n) is 1.77. The summed E-state index contributed by atoms with van der Waals surface area (Å²) in [6, 6.07) is 0.122. The molecule has 7 nitrogen and oxygen atoms in total. The van der Waals surface area contributed by atoms with Gasteiger partial charge in [0.05, 0.1) is 18.6 Å². The summed E-state index contributed by atoms with van der Waals surface area (Å²) >= 11 is 5.69. The Kier molecular flexibility index (Phi) is 3.86. The molecule has 18 heavy (non-hydrogen) atoms. The second-order valence-corrected chi connectivity index (χ2v) is 6.63. The van der Waals surface area contributed by atoms with E-state index in [-0.39, 0.29) is 34.7 Å². The van der Waals surface area contributed by atoms with E-state index in [0.717, 1.165) is 0 Å². The number of ether oxygens (including phenoxy) is 1. The van der Waals surface area contributed by atoms with Gasteiger partial charge in [0, 0.05) is 6.54 Å². The Morgan fingerprint density at radius 3 is 2.83 bits per heavy atom. The molecule has 1 N–H and O–H groups in total. The molecule has 0 saturated carbocycles. The van der Waals surface area contributed by atoms with Crippen molar-refractivity contribution in [1.29, 1.82) is 0 Å². The zero-order chi connectivity index (χ0) is 13.2. The number of sulfone groups is 1. The van der Waals surface area contributed by atoms with Crippen LogP contribution in [0.2, 0.25) is 5.28 Å². The van der Waals surface area contributed by atoms with Crippen LogP contribution in [0.15, 0.2) is 0 Å². The summed E-state index contributed by atoms with van der Waals surface area (Å²) in [5.41, 5.74) is 0. The van der Waals surface area contributed by atoms with Gasteiger partial charge >= 0.3 is 6.01 Å². The van der Waals surface area contributed by atoms with E-state index in [4.69, 9.17) is 16.3 Å². The summed E-state index contributed by atoms with van der Waals surface area (Å²) in [4.78, 5) is 11.6. The first-order valence-corrected chi connectivity index (χ1v) is 7.58. The number of hydrogen-bond donors (Lipinski definition) is 1. The van der Waals surface area contributed by atoms with Gasteiger partial charge in [-0.2, -0.15) is 15.0 Å². The molecule has 1 fully saturated rings.